The fraction of sp³-hybridized carbons (Fsp3) is 0.938. The van der Waals surface area contributed by atoms with Gasteiger partial charge in [0.25, 0.3) is 0 Å². The van der Waals surface area contributed by atoms with E-state index in [0.717, 1.165) is 12.8 Å². The molecule has 0 amide bonds. The van der Waals surface area contributed by atoms with Crippen LogP contribution in [-0.4, -0.2) is 11.2 Å². The van der Waals surface area contributed by atoms with Crippen LogP contribution in [0.1, 0.15) is 96.8 Å². The number of rotatable bonds is 14. The van der Waals surface area contributed by atoms with Gasteiger partial charge in [0.15, 0.2) is 0 Å². The molecule has 0 unspecified atom stereocenters. The van der Waals surface area contributed by atoms with E-state index in [2.05, 4.69) is 11.8 Å². The Balaban J connectivity index is 0. The van der Waals surface area contributed by atoms with Crippen LogP contribution < -0.4 is 0 Å². The molecule has 0 aliphatic carbocycles. The van der Waals surface area contributed by atoms with Crippen LogP contribution in [0, 0.1) is 0 Å². The van der Waals surface area contributed by atoms with Gasteiger partial charge in [0, 0.05) is 6.42 Å². The van der Waals surface area contributed by atoms with Crippen molar-refractivity contribution in [3.8, 4) is 0 Å². The monoisotopic (exact) mass is 320 g/mol. The van der Waals surface area contributed by atoms with Crippen molar-refractivity contribution in [3.63, 3.8) is 0 Å². The summed E-state index contributed by atoms with van der Waals surface area (Å²) < 4.78 is 0. The minimum atomic E-state index is -0.511. The Bertz CT molecular complexity index is 198. The Hall–Kier alpha value is 0.144. The molecule has 0 rings (SSSR count). The van der Waals surface area contributed by atoms with Crippen LogP contribution in [0.5, 0.6) is 0 Å². The van der Waals surface area contributed by atoms with Gasteiger partial charge in [-0.2, -0.15) is 5.26 Å². The molecule has 0 saturated heterocycles. The molecular weight excluding hydrogens is 288 g/mol. The predicted molar refractivity (Wildman–Crippen MR) is 79.0 cm³/mol. The summed E-state index contributed by atoms with van der Waals surface area (Å²) in [6.07, 6.45) is 17.1. The van der Waals surface area contributed by atoms with Gasteiger partial charge < -0.3 is 4.89 Å². The first-order valence-corrected chi connectivity index (χ1v) is 8.15. The summed E-state index contributed by atoms with van der Waals surface area (Å²) in [5.74, 6) is -0.511. The van der Waals surface area contributed by atoms with Crippen LogP contribution in [0.4, 0.5) is 0 Å². The van der Waals surface area contributed by atoms with Crippen molar-refractivity contribution in [1.82, 2.24) is 0 Å². The first-order valence-electron chi connectivity index (χ1n) is 8.15. The van der Waals surface area contributed by atoms with Crippen LogP contribution in [0.3, 0.4) is 0 Å². The zero-order chi connectivity index (χ0) is 14.2. The molecule has 0 atom stereocenters. The summed E-state index contributed by atoms with van der Waals surface area (Å²) in [5.41, 5.74) is 0. The maximum atomic E-state index is 10.6. The molecule has 0 saturated carbocycles. The number of carbonyl (C=O) groups excluding carboxylic acids is 1. The zero-order valence-electron chi connectivity index (χ0n) is 13.2. The van der Waals surface area contributed by atoms with Crippen molar-refractivity contribution < 1.29 is 36.7 Å². The molecule has 0 fully saturated rings. The number of carbonyl (C=O) groups is 1. The molecule has 20 heavy (non-hydrogen) atoms. The van der Waals surface area contributed by atoms with Crippen molar-refractivity contribution in [3.05, 3.63) is 0 Å². The second kappa shape index (κ2) is 19.1. The minimum absolute atomic E-state index is 0. The smallest absolute Gasteiger partial charge is 0.301 e. The summed E-state index contributed by atoms with van der Waals surface area (Å²) in [5, 5.41) is 8.08. The Morgan fingerprint density at radius 3 is 1.45 bits per heavy atom. The Morgan fingerprint density at radius 1 is 0.750 bits per heavy atom. The van der Waals surface area contributed by atoms with E-state index in [1.165, 1.54) is 70.6 Å². The molecule has 0 radical (unpaired) electrons. The normalized spacial score (nSPS) is 10.1. The van der Waals surface area contributed by atoms with E-state index in [0.29, 0.717) is 6.42 Å². The number of unbranched alkanes of at least 4 members (excludes halogenated alkanes) is 12. The zero-order valence-corrected chi connectivity index (χ0v) is 14.7. The molecule has 4 heteroatoms. The quantitative estimate of drug-likeness (QED) is 0.199. The van der Waals surface area contributed by atoms with Gasteiger partial charge >= 0.3 is 27.7 Å². The van der Waals surface area contributed by atoms with Gasteiger partial charge in [-0.05, 0) is 6.42 Å². The second-order valence-corrected chi connectivity index (χ2v) is 5.46. The predicted octanol–water partition coefficient (Wildman–Crippen LogP) is 5.48. The third-order valence-corrected chi connectivity index (χ3v) is 3.59. The maximum absolute atomic E-state index is 10.6. The van der Waals surface area contributed by atoms with Gasteiger partial charge in [-0.15, -0.1) is 0 Å². The van der Waals surface area contributed by atoms with Crippen molar-refractivity contribution in [2.45, 2.75) is 96.8 Å². The van der Waals surface area contributed by atoms with Crippen LogP contribution in [0.15, 0.2) is 0 Å². The molecular formula is C16H32O3Ti+2. The fourth-order valence-electron chi connectivity index (χ4n) is 2.33. The van der Waals surface area contributed by atoms with E-state index in [9.17, 15) is 4.79 Å². The first-order chi connectivity index (χ1) is 9.31. The van der Waals surface area contributed by atoms with Crippen molar-refractivity contribution in [1.29, 1.82) is 0 Å². The molecule has 0 spiro atoms. The Morgan fingerprint density at radius 2 is 1.10 bits per heavy atom. The van der Waals surface area contributed by atoms with E-state index < -0.39 is 5.97 Å². The third-order valence-electron chi connectivity index (χ3n) is 3.59. The second-order valence-electron chi connectivity index (χ2n) is 5.46. The van der Waals surface area contributed by atoms with Gasteiger partial charge in [-0.25, -0.2) is 4.79 Å². The summed E-state index contributed by atoms with van der Waals surface area (Å²) in [4.78, 5) is 14.3. The molecule has 0 aromatic heterocycles. The topological polar surface area (TPSA) is 46.5 Å². The summed E-state index contributed by atoms with van der Waals surface area (Å²) in [7, 11) is 0. The van der Waals surface area contributed by atoms with E-state index in [1.807, 2.05) is 0 Å². The summed E-state index contributed by atoms with van der Waals surface area (Å²) >= 11 is 0. The van der Waals surface area contributed by atoms with Crippen LogP contribution >= 0.6 is 0 Å². The van der Waals surface area contributed by atoms with Crippen LogP contribution in [0.2, 0.25) is 0 Å². The Labute approximate surface area is 139 Å². The minimum Gasteiger partial charge on any atom is -0.301 e. The largest absolute Gasteiger partial charge is 2.00 e. The van der Waals surface area contributed by atoms with E-state index >= 15 is 0 Å². The molecule has 0 aliphatic rings. The number of hydrogen-bond donors (Lipinski definition) is 1. The molecule has 0 aromatic carbocycles. The van der Waals surface area contributed by atoms with Gasteiger partial charge in [0.05, 0.1) is 0 Å². The standard InChI is InChI=1S/C16H32O3.Ti/c1-2-3-4-5-6-7-8-9-10-11-12-13-14-15-16(17)19-18;/h18H,2-15H2,1H3;/q;+2. The summed E-state index contributed by atoms with van der Waals surface area (Å²) in [6, 6.07) is 0. The van der Waals surface area contributed by atoms with Crippen molar-refractivity contribution in [2.24, 2.45) is 0 Å². The van der Waals surface area contributed by atoms with Crippen LogP contribution in [0.25, 0.3) is 0 Å². The van der Waals surface area contributed by atoms with Crippen LogP contribution in [-0.2, 0) is 31.4 Å². The fourth-order valence-corrected chi connectivity index (χ4v) is 2.33. The molecule has 0 aromatic rings. The molecule has 0 aliphatic heterocycles. The maximum Gasteiger partial charge on any atom is 2.00 e. The van der Waals surface area contributed by atoms with Gasteiger partial charge in [0.2, 0.25) is 0 Å². The average molecular weight is 320 g/mol. The average Bonchev–Trinajstić information content (AvgIpc) is 2.43. The molecule has 0 bridgehead atoms. The van der Waals surface area contributed by atoms with Crippen molar-refractivity contribution in [2.75, 3.05) is 0 Å². The molecule has 1 N–H and O–H groups in total. The van der Waals surface area contributed by atoms with Gasteiger partial charge in [0.1, 0.15) is 0 Å². The van der Waals surface area contributed by atoms with E-state index in [4.69, 9.17) is 5.26 Å². The first kappa shape index (κ1) is 22.4. The van der Waals surface area contributed by atoms with Gasteiger partial charge in [-0.1, -0.05) is 84.0 Å². The van der Waals surface area contributed by atoms with Crippen molar-refractivity contribution >= 4 is 5.97 Å². The Kier molecular flexibility index (Phi) is 21.5. The summed E-state index contributed by atoms with van der Waals surface area (Å²) in [6.45, 7) is 2.26. The van der Waals surface area contributed by atoms with E-state index in [1.54, 1.807) is 0 Å². The molecule has 116 valence electrons. The van der Waals surface area contributed by atoms with Gasteiger partial charge in [-0.3, -0.25) is 0 Å². The van der Waals surface area contributed by atoms with E-state index in [-0.39, 0.29) is 21.7 Å². The third kappa shape index (κ3) is 18.1. The SMILES string of the molecule is CCCCCCCCCCCCCCCC(=O)OO.[Ti+2]. The number of hydrogen-bond acceptors (Lipinski definition) is 3. The molecule has 0 heterocycles. The molecule has 3 nitrogen and oxygen atoms in total.